The number of aliphatic hydroxyl groups is 1. The van der Waals surface area contributed by atoms with Gasteiger partial charge < -0.3 is 15.3 Å². The van der Waals surface area contributed by atoms with E-state index in [-0.39, 0.29) is 11.8 Å². The molecule has 2 aliphatic heterocycles. The van der Waals surface area contributed by atoms with Crippen molar-refractivity contribution in [3.05, 3.63) is 11.9 Å². The Kier molecular flexibility index (Phi) is 2.83. The largest absolute Gasteiger partial charge is 0.386 e. The van der Waals surface area contributed by atoms with Gasteiger partial charge in [0.25, 0.3) is 5.91 Å². The SMILES string of the molecule is CC(C)C1(O)CN(C(=O)c2cn(C3CNC3)nn2)C1. The van der Waals surface area contributed by atoms with Crippen LogP contribution >= 0.6 is 0 Å². The van der Waals surface area contributed by atoms with Crippen LogP contribution in [0.3, 0.4) is 0 Å². The van der Waals surface area contributed by atoms with Crippen molar-refractivity contribution in [3.63, 3.8) is 0 Å². The van der Waals surface area contributed by atoms with Crippen molar-refractivity contribution >= 4 is 5.91 Å². The van der Waals surface area contributed by atoms with Crippen LogP contribution in [0.1, 0.15) is 30.4 Å². The monoisotopic (exact) mass is 265 g/mol. The summed E-state index contributed by atoms with van der Waals surface area (Å²) in [5, 5.41) is 21.2. The van der Waals surface area contributed by atoms with Gasteiger partial charge in [0.1, 0.15) is 5.60 Å². The van der Waals surface area contributed by atoms with Gasteiger partial charge in [-0.1, -0.05) is 19.1 Å². The van der Waals surface area contributed by atoms with Gasteiger partial charge in [-0.05, 0) is 5.92 Å². The summed E-state index contributed by atoms with van der Waals surface area (Å²) in [5.74, 6) is -0.00265. The number of hydrogen-bond acceptors (Lipinski definition) is 5. The first-order valence-electron chi connectivity index (χ1n) is 6.64. The first-order chi connectivity index (χ1) is 8.99. The van der Waals surface area contributed by atoms with Crippen LogP contribution in [0, 0.1) is 5.92 Å². The molecule has 2 aliphatic rings. The van der Waals surface area contributed by atoms with Crippen molar-refractivity contribution in [2.75, 3.05) is 26.2 Å². The number of aromatic nitrogens is 3. The minimum Gasteiger partial charge on any atom is -0.386 e. The number of carbonyl (C=O) groups excluding carboxylic acids is 1. The van der Waals surface area contributed by atoms with Crippen LogP contribution in [0.4, 0.5) is 0 Å². The lowest BCUT2D eigenvalue weighted by Crippen LogP contribution is -2.66. The Morgan fingerprint density at radius 3 is 2.74 bits per heavy atom. The molecular formula is C12H19N5O2. The third-order valence-electron chi connectivity index (χ3n) is 4.15. The molecule has 0 radical (unpaired) electrons. The third-order valence-corrected chi connectivity index (χ3v) is 4.15. The highest BCUT2D eigenvalue weighted by molar-refractivity contribution is 5.92. The fourth-order valence-corrected chi connectivity index (χ4v) is 2.30. The van der Waals surface area contributed by atoms with E-state index in [9.17, 15) is 9.90 Å². The molecule has 0 aromatic carbocycles. The second kappa shape index (κ2) is 4.28. The van der Waals surface area contributed by atoms with Gasteiger partial charge in [0, 0.05) is 13.1 Å². The highest BCUT2D eigenvalue weighted by Gasteiger charge is 2.46. The number of likely N-dealkylation sites (tertiary alicyclic amines) is 1. The summed E-state index contributed by atoms with van der Waals surface area (Å²) in [4.78, 5) is 13.8. The fraction of sp³-hybridized carbons (Fsp3) is 0.750. The number of amides is 1. The van der Waals surface area contributed by atoms with Crippen molar-refractivity contribution in [1.29, 1.82) is 0 Å². The summed E-state index contributed by atoms with van der Waals surface area (Å²) in [6.07, 6.45) is 1.70. The van der Waals surface area contributed by atoms with E-state index in [1.807, 2.05) is 13.8 Å². The number of β-amino-alcohol motifs (C(OH)–C–C–N with tert-alkyl or cyclic N) is 1. The van der Waals surface area contributed by atoms with Crippen LogP contribution in [0.5, 0.6) is 0 Å². The van der Waals surface area contributed by atoms with Gasteiger partial charge in [-0.3, -0.25) is 4.79 Å². The number of hydrogen-bond donors (Lipinski definition) is 2. The zero-order valence-electron chi connectivity index (χ0n) is 11.2. The Balaban J connectivity index is 1.64. The molecule has 2 fully saturated rings. The van der Waals surface area contributed by atoms with Crippen molar-refractivity contribution in [1.82, 2.24) is 25.2 Å². The predicted molar refractivity (Wildman–Crippen MR) is 67.6 cm³/mol. The normalized spacial score (nSPS) is 22.2. The first kappa shape index (κ1) is 12.6. The van der Waals surface area contributed by atoms with Crippen LogP contribution in [0.15, 0.2) is 6.20 Å². The summed E-state index contributed by atoms with van der Waals surface area (Å²) in [7, 11) is 0. The highest BCUT2D eigenvalue weighted by atomic mass is 16.3. The molecule has 104 valence electrons. The molecule has 2 saturated heterocycles. The van der Waals surface area contributed by atoms with Gasteiger partial charge >= 0.3 is 0 Å². The van der Waals surface area contributed by atoms with E-state index in [0.29, 0.717) is 24.8 Å². The summed E-state index contributed by atoms with van der Waals surface area (Å²) >= 11 is 0. The molecular weight excluding hydrogens is 246 g/mol. The molecule has 1 aromatic rings. The lowest BCUT2D eigenvalue weighted by atomic mass is 9.83. The Labute approximate surface area is 111 Å². The van der Waals surface area contributed by atoms with E-state index in [4.69, 9.17) is 0 Å². The number of carbonyl (C=O) groups is 1. The maximum Gasteiger partial charge on any atom is 0.276 e. The van der Waals surface area contributed by atoms with Gasteiger partial charge in [0.2, 0.25) is 0 Å². The van der Waals surface area contributed by atoms with Crippen molar-refractivity contribution in [2.24, 2.45) is 5.92 Å². The Hall–Kier alpha value is -1.47. The zero-order chi connectivity index (χ0) is 13.6. The quantitative estimate of drug-likeness (QED) is 0.752. The molecule has 1 amide bonds. The van der Waals surface area contributed by atoms with Gasteiger partial charge in [-0.25, -0.2) is 4.68 Å². The molecule has 0 atom stereocenters. The average molecular weight is 265 g/mol. The Morgan fingerprint density at radius 1 is 1.53 bits per heavy atom. The number of nitrogens with zero attached hydrogens (tertiary/aromatic N) is 4. The molecule has 7 heteroatoms. The smallest absolute Gasteiger partial charge is 0.276 e. The van der Waals surface area contributed by atoms with Crippen LogP contribution in [-0.4, -0.2) is 62.7 Å². The zero-order valence-corrected chi connectivity index (χ0v) is 11.2. The van der Waals surface area contributed by atoms with Crippen molar-refractivity contribution < 1.29 is 9.90 Å². The molecule has 7 nitrogen and oxygen atoms in total. The Morgan fingerprint density at radius 2 is 2.21 bits per heavy atom. The lowest BCUT2D eigenvalue weighted by molar-refractivity contribution is -0.111. The Bertz CT molecular complexity index is 488. The van der Waals surface area contributed by atoms with E-state index >= 15 is 0 Å². The summed E-state index contributed by atoms with van der Waals surface area (Å²) in [5.41, 5.74) is -0.387. The predicted octanol–water partition coefficient (Wildman–Crippen LogP) is -0.735. The standard InChI is InChI=1S/C12H19N5O2/c1-8(2)12(19)6-16(7-12)11(18)10-5-17(15-14-10)9-3-13-4-9/h5,8-9,13,19H,3-4,6-7H2,1-2H3. The lowest BCUT2D eigenvalue weighted by Gasteiger charge is -2.48. The molecule has 0 bridgehead atoms. The maximum atomic E-state index is 12.2. The summed E-state index contributed by atoms with van der Waals surface area (Å²) in [6, 6.07) is 0.304. The van der Waals surface area contributed by atoms with E-state index in [0.717, 1.165) is 13.1 Å². The second-order valence-corrected chi connectivity index (χ2v) is 5.82. The molecule has 0 aliphatic carbocycles. The van der Waals surface area contributed by atoms with Gasteiger partial charge in [-0.2, -0.15) is 0 Å². The molecule has 3 heterocycles. The third kappa shape index (κ3) is 2.02. The van der Waals surface area contributed by atoms with Crippen LogP contribution < -0.4 is 5.32 Å². The summed E-state index contributed by atoms with van der Waals surface area (Å²) < 4.78 is 1.73. The molecule has 19 heavy (non-hydrogen) atoms. The highest BCUT2D eigenvalue weighted by Crippen LogP contribution is 2.29. The van der Waals surface area contributed by atoms with Crippen LogP contribution in [0.2, 0.25) is 0 Å². The van der Waals surface area contributed by atoms with Gasteiger partial charge in [0.15, 0.2) is 5.69 Å². The van der Waals surface area contributed by atoms with Crippen molar-refractivity contribution in [3.8, 4) is 0 Å². The molecule has 1 aromatic heterocycles. The average Bonchev–Trinajstić information content (AvgIpc) is 2.70. The maximum absolute atomic E-state index is 12.2. The van der Waals surface area contributed by atoms with E-state index in [1.165, 1.54) is 0 Å². The van der Waals surface area contributed by atoms with Gasteiger partial charge in [0.05, 0.1) is 25.3 Å². The molecule has 0 saturated carbocycles. The number of rotatable bonds is 3. The van der Waals surface area contributed by atoms with Crippen LogP contribution in [0.25, 0.3) is 0 Å². The number of nitrogens with one attached hydrogen (secondary N) is 1. The van der Waals surface area contributed by atoms with Gasteiger partial charge in [-0.15, -0.1) is 5.10 Å². The van der Waals surface area contributed by atoms with Crippen LogP contribution in [-0.2, 0) is 0 Å². The molecule has 2 N–H and O–H groups in total. The minimum absolute atomic E-state index is 0.147. The van der Waals surface area contributed by atoms with E-state index in [2.05, 4.69) is 15.6 Å². The topological polar surface area (TPSA) is 83.3 Å². The second-order valence-electron chi connectivity index (χ2n) is 5.82. The molecule has 0 spiro atoms. The fourth-order valence-electron chi connectivity index (χ4n) is 2.30. The minimum atomic E-state index is -0.746. The first-order valence-corrected chi connectivity index (χ1v) is 6.64. The summed E-state index contributed by atoms with van der Waals surface area (Å²) in [6.45, 7) is 6.41. The van der Waals surface area contributed by atoms with Crippen molar-refractivity contribution in [2.45, 2.75) is 25.5 Å². The van der Waals surface area contributed by atoms with E-state index in [1.54, 1.807) is 15.8 Å². The molecule has 3 rings (SSSR count). The van der Waals surface area contributed by atoms with E-state index < -0.39 is 5.60 Å². The molecule has 0 unspecified atom stereocenters.